The molecule has 0 fully saturated rings. The predicted octanol–water partition coefficient (Wildman–Crippen LogP) is 3.84. The third kappa shape index (κ3) is 3.39. The predicted molar refractivity (Wildman–Crippen MR) is 83.2 cm³/mol. The van der Waals surface area contributed by atoms with Gasteiger partial charge >= 0.3 is 0 Å². The molecule has 0 amide bonds. The zero-order valence-corrected chi connectivity index (χ0v) is 13.6. The van der Waals surface area contributed by atoms with E-state index in [9.17, 15) is 5.11 Å². The molecule has 0 bridgehead atoms. The quantitative estimate of drug-likeness (QED) is 0.585. The minimum absolute atomic E-state index is 0.343. The number of ether oxygens (including phenoxy) is 2. The maximum absolute atomic E-state index is 10.5. The number of methoxy groups -OCH3 is 1. The standard InChI is InChI=1S/C16H25ClO3/c1-5-11-13(7-3)16(20-9-8-19-4)14(10-17)12(6-2)15(11)18/h18H,5-10H2,1-4H3. The number of halogens is 1. The lowest BCUT2D eigenvalue weighted by atomic mass is 9.92. The van der Waals surface area contributed by atoms with E-state index < -0.39 is 0 Å². The van der Waals surface area contributed by atoms with E-state index in [1.165, 1.54) is 0 Å². The lowest BCUT2D eigenvalue weighted by Gasteiger charge is -2.22. The maximum atomic E-state index is 10.5. The van der Waals surface area contributed by atoms with Gasteiger partial charge in [-0.3, -0.25) is 0 Å². The van der Waals surface area contributed by atoms with Crippen LogP contribution in [-0.4, -0.2) is 25.4 Å². The van der Waals surface area contributed by atoms with Gasteiger partial charge in [-0.15, -0.1) is 11.6 Å². The second kappa shape index (κ2) is 8.38. The van der Waals surface area contributed by atoms with Crippen molar-refractivity contribution >= 4 is 11.6 Å². The fraction of sp³-hybridized carbons (Fsp3) is 0.625. The molecule has 0 unspecified atom stereocenters. The molecule has 1 N–H and O–H groups in total. The molecule has 0 aliphatic rings. The monoisotopic (exact) mass is 300 g/mol. The molecule has 0 saturated carbocycles. The summed E-state index contributed by atoms with van der Waals surface area (Å²) in [6, 6.07) is 0. The molecular weight excluding hydrogens is 276 g/mol. The normalized spacial score (nSPS) is 10.8. The van der Waals surface area contributed by atoms with Crippen molar-refractivity contribution in [2.45, 2.75) is 45.9 Å². The highest BCUT2D eigenvalue weighted by atomic mass is 35.5. The zero-order valence-electron chi connectivity index (χ0n) is 12.9. The zero-order chi connectivity index (χ0) is 15.1. The molecule has 0 aliphatic carbocycles. The summed E-state index contributed by atoms with van der Waals surface area (Å²) < 4.78 is 10.9. The van der Waals surface area contributed by atoms with Crippen LogP contribution < -0.4 is 4.74 Å². The van der Waals surface area contributed by atoms with Crippen molar-refractivity contribution in [3.63, 3.8) is 0 Å². The molecule has 0 atom stereocenters. The molecule has 114 valence electrons. The Morgan fingerprint density at radius 2 is 1.45 bits per heavy atom. The summed E-state index contributed by atoms with van der Waals surface area (Å²) in [5, 5.41) is 10.5. The second-order valence-corrected chi connectivity index (χ2v) is 4.89. The highest BCUT2D eigenvalue weighted by Gasteiger charge is 2.21. The van der Waals surface area contributed by atoms with E-state index >= 15 is 0 Å². The summed E-state index contributed by atoms with van der Waals surface area (Å²) in [5.41, 5.74) is 3.86. The van der Waals surface area contributed by atoms with E-state index in [-0.39, 0.29) is 0 Å². The number of aromatic hydroxyl groups is 1. The number of benzene rings is 1. The van der Waals surface area contributed by atoms with E-state index in [0.717, 1.165) is 47.3 Å². The summed E-state index contributed by atoms with van der Waals surface area (Å²) >= 11 is 6.10. The second-order valence-electron chi connectivity index (χ2n) is 4.63. The van der Waals surface area contributed by atoms with Crippen molar-refractivity contribution in [1.29, 1.82) is 0 Å². The van der Waals surface area contributed by atoms with Gasteiger partial charge in [0.05, 0.1) is 12.5 Å². The van der Waals surface area contributed by atoms with Crippen molar-refractivity contribution in [1.82, 2.24) is 0 Å². The minimum atomic E-state index is 0.343. The molecule has 4 heteroatoms. The van der Waals surface area contributed by atoms with Crippen LogP contribution in [0.15, 0.2) is 0 Å². The highest BCUT2D eigenvalue weighted by molar-refractivity contribution is 6.17. The van der Waals surface area contributed by atoms with Crippen LogP contribution >= 0.6 is 11.6 Å². The van der Waals surface area contributed by atoms with Crippen molar-refractivity contribution in [3.8, 4) is 11.5 Å². The van der Waals surface area contributed by atoms with E-state index in [2.05, 4.69) is 6.92 Å². The average Bonchev–Trinajstić information content (AvgIpc) is 2.47. The summed E-state index contributed by atoms with van der Waals surface area (Å²) in [5.74, 6) is 1.57. The lowest BCUT2D eigenvalue weighted by molar-refractivity contribution is 0.145. The first-order chi connectivity index (χ1) is 9.65. The van der Waals surface area contributed by atoms with E-state index in [4.69, 9.17) is 21.1 Å². The Bertz CT molecular complexity index is 411. The molecule has 0 aliphatic heterocycles. The van der Waals surface area contributed by atoms with Crippen molar-refractivity contribution < 1.29 is 14.6 Å². The van der Waals surface area contributed by atoms with Gasteiger partial charge < -0.3 is 14.6 Å². The Balaban J connectivity index is 3.41. The minimum Gasteiger partial charge on any atom is -0.507 e. The highest BCUT2D eigenvalue weighted by Crippen LogP contribution is 2.40. The first-order valence-corrected chi connectivity index (χ1v) is 7.75. The third-order valence-corrected chi connectivity index (χ3v) is 3.84. The van der Waals surface area contributed by atoms with E-state index in [0.29, 0.717) is 24.8 Å². The molecule has 0 saturated heterocycles. The van der Waals surface area contributed by atoms with Crippen LogP contribution in [0.25, 0.3) is 0 Å². The van der Waals surface area contributed by atoms with Gasteiger partial charge in [-0.2, -0.15) is 0 Å². The topological polar surface area (TPSA) is 38.7 Å². The summed E-state index contributed by atoms with van der Waals surface area (Å²) in [6.07, 6.45) is 2.34. The fourth-order valence-corrected chi connectivity index (χ4v) is 2.89. The first-order valence-electron chi connectivity index (χ1n) is 7.22. The summed E-state index contributed by atoms with van der Waals surface area (Å²) in [7, 11) is 1.65. The largest absolute Gasteiger partial charge is 0.507 e. The summed E-state index contributed by atoms with van der Waals surface area (Å²) in [6.45, 7) is 7.17. The van der Waals surface area contributed by atoms with Gasteiger partial charge in [0.1, 0.15) is 18.1 Å². The first kappa shape index (κ1) is 17.1. The van der Waals surface area contributed by atoms with Crippen molar-refractivity contribution in [3.05, 3.63) is 22.3 Å². The van der Waals surface area contributed by atoms with Crippen LogP contribution in [0.5, 0.6) is 11.5 Å². The van der Waals surface area contributed by atoms with Crippen LogP contribution in [0.1, 0.15) is 43.0 Å². The van der Waals surface area contributed by atoms with Crippen molar-refractivity contribution in [2.24, 2.45) is 0 Å². The fourth-order valence-electron chi connectivity index (χ4n) is 2.60. The van der Waals surface area contributed by atoms with Gasteiger partial charge in [0, 0.05) is 29.4 Å². The van der Waals surface area contributed by atoms with Gasteiger partial charge in [-0.25, -0.2) is 0 Å². The molecule has 20 heavy (non-hydrogen) atoms. The van der Waals surface area contributed by atoms with Crippen LogP contribution in [0.3, 0.4) is 0 Å². The third-order valence-electron chi connectivity index (χ3n) is 3.58. The number of alkyl halides is 1. The Morgan fingerprint density at radius 1 is 0.900 bits per heavy atom. The van der Waals surface area contributed by atoms with E-state index in [1.54, 1.807) is 7.11 Å². The van der Waals surface area contributed by atoms with Crippen LogP contribution in [-0.2, 0) is 29.9 Å². The Morgan fingerprint density at radius 3 is 1.90 bits per heavy atom. The number of hydrogen-bond acceptors (Lipinski definition) is 3. The summed E-state index contributed by atoms with van der Waals surface area (Å²) in [4.78, 5) is 0. The number of rotatable bonds is 8. The van der Waals surface area contributed by atoms with Crippen molar-refractivity contribution in [2.75, 3.05) is 20.3 Å². The molecular formula is C16H25ClO3. The number of phenolic OH excluding ortho intramolecular Hbond substituents is 1. The molecule has 1 rings (SSSR count). The van der Waals surface area contributed by atoms with Gasteiger partial charge in [0.25, 0.3) is 0 Å². The van der Waals surface area contributed by atoms with Gasteiger partial charge in [-0.1, -0.05) is 20.8 Å². The number of phenols is 1. The Labute approximate surface area is 126 Å². The van der Waals surface area contributed by atoms with Crippen LogP contribution in [0.4, 0.5) is 0 Å². The molecule has 0 radical (unpaired) electrons. The molecule has 3 nitrogen and oxygen atoms in total. The van der Waals surface area contributed by atoms with Crippen LogP contribution in [0.2, 0.25) is 0 Å². The SMILES string of the molecule is CCc1c(O)c(CC)c(CCl)c(OCCOC)c1CC. The number of hydrogen-bond donors (Lipinski definition) is 1. The van der Waals surface area contributed by atoms with E-state index in [1.807, 2.05) is 13.8 Å². The molecule has 0 heterocycles. The Kier molecular flexibility index (Phi) is 7.17. The smallest absolute Gasteiger partial charge is 0.127 e. The molecule has 0 aromatic heterocycles. The maximum Gasteiger partial charge on any atom is 0.127 e. The lowest BCUT2D eigenvalue weighted by Crippen LogP contribution is -2.11. The van der Waals surface area contributed by atoms with Gasteiger partial charge in [-0.05, 0) is 19.3 Å². The van der Waals surface area contributed by atoms with Gasteiger partial charge in [0.2, 0.25) is 0 Å². The Hall–Kier alpha value is -0.930. The molecule has 0 spiro atoms. The van der Waals surface area contributed by atoms with Crippen LogP contribution in [0, 0.1) is 0 Å². The molecule has 1 aromatic rings. The van der Waals surface area contributed by atoms with Gasteiger partial charge in [0.15, 0.2) is 0 Å². The molecule has 1 aromatic carbocycles. The average molecular weight is 301 g/mol.